The second kappa shape index (κ2) is 11.1. The molecule has 41 heavy (non-hydrogen) atoms. The van der Waals surface area contributed by atoms with Gasteiger partial charge < -0.3 is 59.4 Å². The molecule has 1 spiro atoms. The molecule has 224 valence electrons. The van der Waals surface area contributed by atoms with Crippen molar-refractivity contribution in [1.82, 2.24) is 0 Å². The molecule has 5 rings (SSSR count). The van der Waals surface area contributed by atoms with Crippen molar-refractivity contribution >= 4 is 23.5 Å². The normalized spacial score (nSPS) is 40.7. The largest absolute Gasteiger partial charge is 0.508 e. The summed E-state index contributed by atoms with van der Waals surface area (Å²) in [6, 6.07) is 5.36. The number of esters is 2. The number of alkyl halides is 1. The van der Waals surface area contributed by atoms with Gasteiger partial charge in [-0.25, -0.2) is 9.59 Å². The lowest BCUT2D eigenvalue weighted by Crippen LogP contribution is -2.61. The van der Waals surface area contributed by atoms with Gasteiger partial charge in [-0.15, -0.1) is 11.6 Å². The average molecular weight is 601 g/mol. The minimum atomic E-state index is -2.03. The Morgan fingerprint density at radius 3 is 2.41 bits per heavy atom. The molecule has 7 N–H and O–H groups in total. The summed E-state index contributed by atoms with van der Waals surface area (Å²) in [5, 5.41) is 71.0. The molecule has 2 fully saturated rings. The van der Waals surface area contributed by atoms with Crippen molar-refractivity contribution in [3.63, 3.8) is 0 Å². The quantitative estimate of drug-likeness (QED) is 0.140. The zero-order valence-electron chi connectivity index (χ0n) is 21.4. The van der Waals surface area contributed by atoms with Gasteiger partial charge in [0.15, 0.2) is 11.9 Å². The first kappa shape index (κ1) is 29.7. The van der Waals surface area contributed by atoms with E-state index in [9.17, 15) is 45.3 Å². The van der Waals surface area contributed by atoms with Gasteiger partial charge in [0.25, 0.3) is 0 Å². The highest BCUT2D eigenvalue weighted by Crippen LogP contribution is 2.57. The van der Waals surface area contributed by atoms with Crippen LogP contribution >= 0.6 is 11.6 Å². The third-order valence-corrected chi connectivity index (χ3v) is 8.43. The van der Waals surface area contributed by atoms with Gasteiger partial charge in [-0.3, -0.25) is 0 Å². The average Bonchev–Trinajstić information content (AvgIpc) is 3.42. The molecule has 14 nitrogen and oxygen atoms in total. The molecule has 15 heteroatoms. The minimum absolute atomic E-state index is 0.0749. The maximum absolute atomic E-state index is 13.1. The monoisotopic (exact) mass is 600 g/mol. The van der Waals surface area contributed by atoms with Gasteiger partial charge in [0.2, 0.25) is 6.29 Å². The fourth-order valence-corrected chi connectivity index (χ4v) is 6.28. The van der Waals surface area contributed by atoms with E-state index in [-0.39, 0.29) is 22.5 Å². The predicted octanol–water partition coefficient (Wildman–Crippen LogP) is -1.91. The number of fused-ring (bicyclic) bond motifs is 2. The van der Waals surface area contributed by atoms with Crippen LogP contribution in [-0.2, 0) is 33.3 Å². The summed E-state index contributed by atoms with van der Waals surface area (Å²) < 4.78 is 27.4. The third kappa shape index (κ3) is 4.78. The molecule has 0 bridgehead atoms. The van der Waals surface area contributed by atoms with E-state index in [0.29, 0.717) is 0 Å². The second-order valence-electron chi connectivity index (χ2n) is 10.2. The van der Waals surface area contributed by atoms with Crippen molar-refractivity contribution in [3.8, 4) is 5.75 Å². The molecule has 0 amide bonds. The molecule has 0 unspecified atom stereocenters. The van der Waals surface area contributed by atoms with Gasteiger partial charge in [0.1, 0.15) is 42.4 Å². The summed E-state index contributed by atoms with van der Waals surface area (Å²) in [6.45, 7) is -0.736. The summed E-state index contributed by atoms with van der Waals surface area (Å²) in [5.74, 6) is -4.39. The number of aliphatic hydroxyl groups excluding tert-OH is 6. The number of phenols is 1. The Kier molecular flexibility index (Phi) is 8.06. The SMILES string of the molecule is COC(=O)C1=CO[C@@H](O[C@@H]2O[C@H](CO)[C@@H](O)[C@H](O)[C@H]2O)[C@H]2[C@@H]1[C@@H](Cl)[C@H](O)[C@@]21C=C([C@@H](O)c2ccc(O)cc2)C(=O)O1. The number of aliphatic hydroxyl groups is 6. The molecule has 1 saturated carbocycles. The molecule has 3 heterocycles. The van der Waals surface area contributed by atoms with Crippen LogP contribution < -0.4 is 0 Å². The van der Waals surface area contributed by atoms with Crippen LogP contribution in [0.4, 0.5) is 0 Å². The van der Waals surface area contributed by atoms with Crippen LogP contribution in [0.25, 0.3) is 0 Å². The van der Waals surface area contributed by atoms with E-state index >= 15 is 0 Å². The summed E-state index contributed by atoms with van der Waals surface area (Å²) in [6.07, 6.45) is -10.9. The van der Waals surface area contributed by atoms with Crippen LogP contribution in [0.5, 0.6) is 5.75 Å². The van der Waals surface area contributed by atoms with E-state index in [4.69, 9.17) is 35.3 Å². The number of hydrogen-bond donors (Lipinski definition) is 7. The smallest absolute Gasteiger partial charge is 0.337 e. The van der Waals surface area contributed by atoms with Crippen LogP contribution in [-0.4, -0.2) is 115 Å². The maximum Gasteiger partial charge on any atom is 0.337 e. The molecule has 1 aliphatic carbocycles. The number of ether oxygens (including phenoxy) is 5. The van der Waals surface area contributed by atoms with Crippen molar-refractivity contribution in [2.45, 2.75) is 60.2 Å². The highest BCUT2D eigenvalue weighted by molar-refractivity contribution is 6.22. The predicted molar refractivity (Wildman–Crippen MR) is 132 cm³/mol. The van der Waals surface area contributed by atoms with Crippen molar-refractivity contribution in [2.75, 3.05) is 13.7 Å². The van der Waals surface area contributed by atoms with Gasteiger partial charge in [-0.05, 0) is 23.8 Å². The third-order valence-electron chi connectivity index (χ3n) is 7.92. The Balaban J connectivity index is 1.55. The van der Waals surface area contributed by atoms with Crippen molar-refractivity contribution in [2.24, 2.45) is 11.8 Å². The Bertz CT molecular complexity index is 1230. The first-order valence-corrected chi connectivity index (χ1v) is 13.0. The van der Waals surface area contributed by atoms with Gasteiger partial charge in [-0.1, -0.05) is 12.1 Å². The van der Waals surface area contributed by atoms with Gasteiger partial charge >= 0.3 is 11.9 Å². The maximum atomic E-state index is 13.1. The topological polar surface area (TPSA) is 222 Å². The lowest BCUT2D eigenvalue weighted by Gasteiger charge is -2.44. The van der Waals surface area contributed by atoms with Crippen molar-refractivity contribution < 1.29 is 69.0 Å². The second-order valence-corrected chi connectivity index (χ2v) is 10.7. The van der Waals surface area contributed by atoms with Gasteiger partial charge in [-0.2, -0.15) is 0 Å². The zero-order valence-corrected chi connectivity index (χ0v) is 22.1. The molecule has 12 atom stereocenters. The number of phenolic OH excluding ortho intramolecular Hbond substituents is 1. The summed E-state index contributed by atoms with van der Waals surface area (Å²) >= 11 is 6.63. The van der Waals surface area contributed by atoms with Crippen LogP contribution in [0, 0.1) is 11.8 Å². The molecular formula is C26H29ClO14. The molecule has 1 aromatic rings. The molecular weight excluding hydrogens is 572 g/mol. The van der Waals surface area contributed by atoms with Crippen molar-refractivity contribution in [3.05, 3.63) is 53.3 Å². The fourth-order valence-electron chi connectivity index (χ4n) is 5.79. The molecule has 4 aliphatic rings. The number of halogens is 1. The van der Waals surface area contributed by atoms with Crippen LogP contribution in [0.2, 0.25) is 0 Å². The molecule has 0 aromatic heterocycles. The minimum Gasteiger partial charge on any atom is -0.508 e. The number of rotatable bonds is 6. The first-order chi connectivity index (χ1) is 19.4. The van der Waals surface area contributed by atoms with E-state index in [1.807, 2.05) is 0 Å². The van der Waals surface area contributed by atoms with E-state index in [1.54, 1.807) is 0 Å². The molecule has 1 saturated heterocycles. The van der Waals surface area contributed by atoms with Crippen LogP contribution in [0.3, 0.4) is 0 Å². The summed E-state index contributed by atoms with van der Waals surface area (Å²) in [4.78, 5) is 25.8. The number of aromatic hydroxyl groups is 1. The fraction of sp³-hybridized carbons (Fsp3) is 0.538. The first-order valence-electron chi connectivity index (χ1n) is 12.6. The summed E-state index contributed by atoms with van der Waals surface area (Å²) in [5.41, 5.74) is -2.22. The summed E-state index contributed by atoms with van der Waals surface area (Å²) in [7, 11) is 1.11. The number of hydrogen-bond acceptors (Lipinski definition) is 14. The van der Waals surface area contributed by atoms with Gasteiger partial charge in [0.05, 0.1) is 42.4 Å². The van der Waals surface area contributed by atoms with Gasteiger partial charge in [0, 0.05) is 5.92 Å². The number of carbonyl (C=O) groups excluding carboxylic acids is 2. The lowest BCUT2D eigenvalue weighted by molar-refractivity contribution is -0.346. The standard InChI is InChI=1S/C26H29ClO14/c1-37-22(35)12-8-38-24(40-25-20(33)19(32)18(31)13(7-28)39-25)15-14(12)16(27)21(34)26(15)6-11(23(36)41-26)17(30)9-2-4-10(29)5-3-9/h2-6,8,13-21,24-25,28-34H,7H2,1H3/t13-,14-,15-,16-,17+,18-,19+,20-,21+,24+,25+,26-/m1/s1. The van der Waals surface area contributed by atoms with E-state index < -0.39 is 90.6 Å². The highest BCUT2D eigenvalue weighted by atomic mass is 35.5. The van der Waals surface area contributed by atoms with E-state index in [1.165, 1.54) is 30.3 Å². The van der Waals surface area contributed by atoms with Crippen LogP contribution in [0.15, 0.2) is 47.7 Å². The Morgan fingerprint density at radius 2 is 1.78 bits per heavy atom. The molecule has 1 aromatic carbocycles. The molecule has 0 radical (unpaired) electrons. The number of carbonyl (C=O) groups is 2. The van der Waals surface area contributed by atoms with Crippen molar-refractivity contribution in [1.29, 1.82) is 0 Å². The highest BCUT2D eigenvalue weighted by Gasteiger charge is 2.70. The Labute approximate surface area is 237 Å². The van der Waals surface area contributed by atoms with E-state index in [2.05, 4.69) is 0 Å². The Morgan fingerprint density at radius 1 is 1.10 bits per heavy atom. The van der Waals surface area contributed by atoms with Crippen LogP contribution in [0.1, 0.15) is 11.7 Å². The Hall–Kier alpha value is -2.79. The number of methoxy groups -OCH3 is 1. The molecule has 3 aliphatic heterocycles. The van der Waals surface area contributed by atoms with E-state index in [0.717, 1.165) is 13.4 Å². The zero-order chi connectivity index (χ0) is 29.8. The number of benzene rings is 1. The lowest BCUT2D eigenvalue weighted by atomic mass is 9.79.